The van der Waals surface area contributed by atoms with Crippen molar-refractivity contribution >= 4 is 22.7 Å². The van der Waals surface area contributed by atoms with E-state index in [4.69, 9.17) is 4.42 Å². The minimum Gasteiger partial charge on any atom is -0.467 e. The lowest BCUT2D eigenvalue weighted by Gasteiger charge is -2.22. The van der Waals surface area contributed by atoms with Crippen molar-refractivity contribution in [3.05, 3.63) is 54.6 Å². The molecule has 1 aromatic carbocycles. The highest BCUT2D eigenvalue weighted by atomic mass is 16.3. The number of nitrogens with zero attached hydrogens (tertiary/aromatic N) is 3. The Morgan fingerprint density at radius 1 is 1.17 bits per heavy atom. The van der Waals surface area contributed by atoms with Gasteiger partial charge in [-0.1, -0.05) is 31.0 Å². The molecule has 1 fully saturated rings. The monoisotopic (exact) mass is 394 g/mol. The van der Waals surface area contributed by atoms with E-state index in [1.807, 2.05) is 35.0 Å². The minimum atomic E-state index is -0.110. The maximum atomic E-state index is 12.9. The Hall–Kier alpha value is -3.09. The van der Waals surface area contributed by atoms with Gasteiger partial charge in [0.15, 0.2) is 0 Å². The molecule has 1 saturated carbocycles. The van der Waals surface area contributed by atoms with E-state index in [9.17, 15) is 9.59 Å². The minimum absolute atomic E-state index is 0.0376. The summed E-state index contributed by atoms with van der Waals surface area (Å²) in [7, 11) is 0. The van der Waals surface area contributed by atoms with E-state index in [0.717, 1.165) is 36.6 Å². The number of nitrogens with one attached hydrogen (secondary N) is 1. The maximum absolute atomic E-state index is 12.9. The molecule has 0 atom stereocenters. The number of para-hydroxylation sites is 1. The third kappa shape index (κ3) is 4.85. The highest BCUT2D eigenvalue weighted by Gasteiger charge is 2.22. The van der Waals surface area contributed by atoms with Crippen LogP contribution >= 0.6 is 0 Å². The number of benzene rings is 1. The summed E-state index contributed by atoms with van der Waals surface area (Å²) in [4.78, 5) is 27.0. The number of aromatic nitrogens is 2. The summed E-state index contributed by atoms with van der Waals surface area (Å²) in [6.45, 7) is 0.783. The number of aryl methyl sites for hydroxylation is 1. The quantitative estimate of drug-likeness (QED) is 0.637. The fourth-order valence-corrected chi connectivity index (χ4v) is 3.90. The summed E-state index contributed by atoms with van der Waals surface area (Å²) in [5.74, 6) is 0.459. The lowest BCUT2D eigenvalue weighted by Crippen LogP contribution is -2.43. The van der Waals surface area contributed by atoms with Crippen molar-refractivity contribution in [3.63, 3.8) is 0 Å². The summed E-state index contributed by atoms with van der Waals surface area (Å²) in [5, 5.41) is 8.48. The molecule has 0 bridgehead atoms. The number of fused-ring (bicyclic) bond motifs is 1. The van der Waals surface area contributed by atoms with Gasteiger partial charge >= 0.3 is 0 Å². The van der Waals surface area contributed by atoms with Crippen molar-refractivity contribution < 1.29 is 14.0 Å². The molecule has 1 aliphatic rings. The van der Waals surface area contributed by atoms with Crippen molar-refractivity contribution in [3.8, 4) is 0 Å². The van der Waals surface area contributed by atoms with Crippen LogP contribution in [0, 0.1) is 0 Å². The highest BCUT2D eigenvalue weighted by Crippen LogP contribution is 2.18. The first kappa shape index (κ1) is 19.2. The lowest BCUT2D eigenvalue weighted by atomic mass is 10.2. The second kappa shape index (κ2) is 8.94. The zero-order valence-corrected chi connectivity index (χ0v) is 16.4. The number of carbonyl (C=O) groups is 2. The SMILES string of the molecule is O=C(CN(Cc1ccco1)C(=O)CCn1ncc2ccccc21)NC1CCCC1. The van der Waals surface area contributed by atoms with Gasteiger partial charge in [-0.25, -0.2) is 0 Å². The molecule has 0 radical (unpaired) electrons. The number of amides is 2. The lowest BCUT2D eigenvalue weighted by molar-refractivity contribution is -0.137. The molecule has 1 aliphatic carbocycles. The zero-order chi connectivity index (χ0) is 20.1. The van der Waals surface area contributed by atoms with Gasteiger partial charge in [-0.15, -0.1) is 0 Å². The van der Waals surface area contributed by atoms with Crippen LogP contribution in [-0.4, -0.2) is 39.1 Å². The van der Waals surface area contributed by atoms with Crippen LogP contribution in [0.25, 0.3) is 10.9 Å². The molecule has 0 spiro atoms. The third-order valence-corrected chi connectivity index (χ3v) is 5.42. The summed E-state index contributed by atoms with van der Waals surface area (Å²) in [6.07, 6.45) is 7.98. The molecule has 2 aromatic heterocycles. The molecule has 0 saturated heterocycles. The largest absolute Gasteiger partial charge is 0.467 e. The molecule has 152 valence electrons. The van der Waals surface area contributed by atoms with E-state index in [0.29, 0.717) is 12.3 Å². The zero-order valence-electron chi connectivity index (χ0n) is 16.4. The summed E-state index contributed by atoms with van der Waals surface area (Å²) in [5.41, 5.74) is 0.997. The molecule has 0 unspecified atom stereocenters. The van der Waals surface area contributed by atoms with Crippen LogP contribution in [0.3, 0.4) is 0 Å². The van der Waals surface area contributed by atoms with Crippen LogP contribution in [0.1, 0.15) is 37.9 Å². The molecular formula is C22H26N4O3. The van der Waals surface area contributed by atoms with Crippen molar-refractivity contribution in [2.45, 2.75) is 51.2 Å². The molecule has 2 heterocycles. The van der Waals surface area contributed by atoms with Gasteiger partial charge in [-0.05, 0) is 31.0 Å². The van der Waals surface area contributed by atoms with Gasteiger partial charge in [0.2, 0.25) is 11.8 Å². The Kier molecular flexibility index (Phi) is 5.93. The van der Waals surface area contributed by atoms with E-state index in [1.165, 1.54) is 0 Å². The van der Waals surface area contributed by atoms with Crippen LogP contribution in [0.15, 0.2) is 53.3 Å². The Bertz CT molecular complexity index is 958. The predicted octanol–water partition coefficient (Wildman–Crippen LogP) is 3.11. The van der Waals surface area contributed by atoms with Crippen molar-refractivity contribution in [2.75, 3.05) is 6.54 Å². The fourth-order valence-electron chi connectivity index (χ4n) is 3.90. The van der Waals surface area contributed by atoms with Gasteiger partial charge < -0.3 is 14.6 Å². The summed E-state index contributed by atoms with van der Waals surface area (Å²) < 4.78 is 7.22. The topological polar surface area (TPSA) is 80.4 Å². The standard InChI is InChI=1S/C22H26N4O3/c27-21(24-18-7-2-3-8-18)16-25(15-19-9-5-13-29-19)22(28)11-12-26-20-10-4-1-6-17(20)14-23-26/h1,4-6,9-10,13-14,18H,2-3,7-8,11-12,15-16H2,(H,24,27). The first-order valence-corrected chi connectivity index (χ1v) is 10.2. The van der Waals surface area contributed by atoms with Gasteiger partial charge in [0.1, 0.15) is 5.76 Å². The maximum Gasteiger partial charge on any atom is 0.239 e. The Balaban J connectivity index is 1.40. The van der Waals surface area contributed by atoms with Gasteiger partial charge in [0, 0.05) is 17.8 Å². The molecule has 3 aromatic rings. The number of hydrogen-bond donors (Lipinski definition) is 1. The van der Waals surface area contributed by atoms with Crippen LogP contribution in [-0.2, 0) is 22.7 Å². The second-order valence-electron chi connectivity index (χ2n) is 7.55. The van der Waals surface area contributed by atoms with Crippen molar-refractivity contribution in [1.29, 1.82) is 0 Å². The molecule has 4 rings (SSSR count). The number of carbonyl (C=O) groups excluding carboxylic acids is 2. The number of furan rings is 1. The second-order valence-corrected chi connectivity index (χ2v) is 7.55. The van der Waals surface area contributed by atoms with E-state index in [-0.39, 0.29) is 37.4 Å². The van der Waals surface area contributed by atoms with Gasteiger partial charge in [0.05, 0.1) is 37.6 Å². The molecule has 7 heteroatoms. The Morgan fingerprint density at radius 2 is 2.00 bits per heavy atom. The van der Waals surface area contributed by atoms with Gasteiger partial charge in [0.25, 0.3) is 0 Å². The third-order valence-electron chi connectivity index (χ3n) is 5.42. The van der Waals surface area contributed by atoms with E-state index in [2.05, 4.69) is 10.4 Å². The van der Waals surface area contributed by atoms with E-state index in [1.54, 1.807) is 23.4 Å². The van der Waals surface area contributed by atoms with Gasteiger partial charge in [-0.2, -0.15) is 5.10 Å². The summed E-state index contributed by atoms with van der Waals surface area (Å²) >= 11 is 0. The Labute approximate surface area is 169 Å². The molecular weight excluding hydrogens is 368 g/mol. The van der Waals surface area contributed by atoms with Crippen molar-refractivity contribution in [2.24, 2.45) is 0 Å². The molecule has 2 amide bonds. The number of hydrogen-bond acceptors (Lipinski definition) is 4. The smallest absolute Gasteiger partial charge is 0.239 e. The van der Waals surface area contributed by atoms with Crippen LogP contribution < -0.4 is 5.32 Å². The first-order valence-electron chi connectivity index (χ1n) is 10.2. The van der Waals surface area contributed by atoms with Crippen molar-refractivity contribution in [1.82, 2.24) is 20.0 Å². The average Bonchev–Trinajstić information content (AvgIpc) is 3.48. The molecule has 0 aliphatic heterocycles. The predicted molar refractivity (Wildman–Crippen MR) is 109 cm³/mol. The summed E-state index contributed by atoms with van der Waals surface area (Å²) in [6, 6.07) is 11.7. The normalized spacial score (nSPS) is 14.3. The van der Waals surface area contributed by atoms with Crippen LogP contribution in [0.2, 0.25) is 0 Å². The van der Waals surface area contributed by atoms with Crippen LogP contribution in [0.4, 0.5) is 0 Å². The van der Waals surface area contributed by atoms with Crippen LogP contribution in [0.5, 0.6) is 0 Å². The van der Waals surface area contributed by atoms with E-state index < -0.39 is 0 Å². The van der Waals surface area contributed by atoms with Gasteiger partial charge in [-0.3, -0.25) is 14.3 Å². The number of rotatable bonds is 8. The average molecular weight is 394 g/mol. The first-order chi connectivity index (χ1) is 14.2. The molecule has 1 N–H and O–H groups in total. The molecule has 29 heavy (non-hydrogen) atoms. The fraction of sp³-hybridized carbons (Fsp3) is 0.409. The Morgan fingerprint density at radius 3 is 2.79 bits per heavy atom. The highest BCUT2D eigenvalue weighted by molar-refractivity contribution is 5.85. The van der Waals surface area contributed by atoms with E-state index >= 15 is 0 Å². The molecule has 7 nitrogen and oxygen atoms in total.